The first-order chi connectivity index (χ1) is 8.25. The molecule has 0 amide bonds. The Bertz CT molecular complexity index is 333. The third kappa shape index (κ3) is 3.80. The summed E-state index contributed by atoms with van der Waals surface area (Å²) in [6, 6.07) is 0.959. The Labute approximate surface area is 102 Å². The number of ether oxygens (including phenoxy) is 1. The minimum Gasteiger partial charge on any atom is -0.379 e. The van der Waals surface area contributed by atoms with Gasteiger partial charge in [0, 0.05) is 36.4 Å². The molecule has 1 aliphatic heterocycles. The topological polar surface area (TPSA) is 62.0 Å². The highest BCUT2D eigenvalue weighted by atomic mass is 16.5. The number of aryl methyl sites for hydroxylation is 1. The lowest BCUT2D eigenvalue weighted by Gasteiger charge is -2.26. The van der Waals surface area contributed by atoms with Crippen LogP contribution in [0.15, 0.2) is 6.20 Å². The Hall–Kier alpha value is -0.910. The van der Waals surface area contributed by atoms with Gasteiger partial charge in [-0.05, 0) is 20.3 Å². The molecule has 17 heavy (non-hydrogen) atoms. The van der Waals surface area contributed by atoms with Crippen LogP contribution in [0.3, 0.4) is 0 Å². The number of H-pyrrole nitrogens is 1. The van der Waals surface area contributed by atoms with Crippen molar-refractivity contribution in [3.05, 3.63) is 17.5 Å². The van der Waals surface area contributed by atoms with Gasteiger partial charge < -0.3 is 15.4 Å². The molecule has 0 bridgehead atoms. The van der Waals surface area contributed by atoms with E-state index in [1.165, 1.54) is 5.56 Å². The van der Waals surface area contributed by atoms with Crippen molar-refractivity contribution < 1.29 is 4.74 Å². The third-order valence-corrected chi connectivity index (χ3v) is 3.21. The number of hydrogen-bond donors (Lipinski definition) is 3. The van der Waals surface area contributed by atoms with E-state index in [2.05, 4.69) is 27.8 Å². The van der Waals surface area contributed by atoms with E-state index in [4.69, 9.17) is 4.74 Å². The molecule has 3 N–H and O–H groups in total. The van der Waals surface area contributed by atoms with Gasteiger partial charge in [-0.15, -0.1) is 0 Å². The molecule has 2 atom stereocenters. The molecule has 1 saturated heterocycles. The van der Waals surface area contributed by atoms with Crippen molar-refractivity contribution in [2.45, 2.75) is 38.9 Å². The molecule has 2 heterocycles. The Morgan fingerprint density at radius 2 is 2.53 bits per heavy atom. The lowest BCUT2D eigenvalue weighted by molar-refractivity contribution is 0.0712. The molecular formula is C12H22N4O. The van der Waals surface area contributed by atoms with Crippen LogP contribution >= 0.6 is 0 Å². The van der Waals surface area contributed by atoms with E-state index >= 15 is 0 Å². The first kappa shape index (κ1) is 12.5. The van der Waals surface area contributed by atoms with Gasteiger partial charge in [0.25, 0.3) is 0 Å². The highest BCUT2D eigenvalue weighted by molar-refractivity contribution is 5.13. The van der Waals surface area contributed by atoms with Crippen LogP contribution in [0.5, 0.6) is 0 Å². The summed E-state index contributed by atoms with van der Waals surface area (Å²) >= 11 is 0. The van der Waals surface area contributed by atoms with Crippen LogP contribution in [-0.2, 0) is 11.3 Å². The van der Waals surface area contributed by atoms with Gasteiger partial charge in [0.2, 0.25) is 0 Å². The van der Waals surface area contributed by atoms with Crippen molar-refractivity contribution in [2.75, 3.05) is 19.8 Å². The molecule has 2 unspecified atom stereocenters. The number of rotatable bonds is 5. The van der Waals surface area contributed by atoms with Crippen LogP contribution in [0, 0.1) is 6.92 Å². The van der Waals surface area contributed by atoms with Crippen LogP contribution in [0.2, 0.25) is 0 Å². The average Bonchev–Trinajstić information content (AvgIpc) is 2.74. The zero-order valence-corrected chi connectivity index (χ0v) is 10.6. The summed E-state index contributed by atoms with van der Waals surface area (Å²) in [6.07, 6.45) is 2.98. The Balaban J connectivity index is 1.70. The van der Waals surface area contributed by atoms with Crippen LogP contribution in [0.25, 0.3) is 0 Å². The van der Waals surface area contributed by atoms with E-state index in [0.29, 0.717) is 12.1 Å². The van der Waals surface area contributed by atoms with Crippen LogP contribution in [-0.4, -0.2) is 42.0 Å². The number of nitrogens with one attached hydrogen (secondary N) is 3. The molecule has 0 aromatic carbocycles. The summed E-state index contributed by atoms with van der Waals surface area (Å²) in [4.78, 5) is 0. The zero-order valence-electron chi connectivity index (χ0n) is 10.6. The predicted octanol–water partition coefficient (Wildman–Crippen LogP) is 0.575. The normalized spacial score (nSPS) is 22.6. The molecule has 1 aromatic rings. The van der Waals surface area contributed by atoms with Crippen molar-refractivity contribution >= 4 is 0 Å². The molecule has 0 aliphatic carbocycles. The maximum absolute atomic E-state index is 5.45. The smallest absolute Gasteiger partial charge is 0.0620 e. The second-order valence-electron chi connectivity index (χ2n) is 4.76. The van der Waals surface area contributed by atoms with E-state index < -0.39 is 0 Å². The molecule has 2 rings (SSSR count). The SMILES string of the molecule is Cc1[nH]ncc1CNC(C)CC1COCCN1. The summed E-state index contributed by atoms with van der Waals surface area (Å²) in [6.45, 7) is 7.77. The first-order valence-corrected chi connectivity index (χ1v) is 6.29. The standard InChI is InChI=1S/C12H22N4O/c1-9(5-12-8-17-4-3-13-12)14-6-11-7-15-16-10(11)2/h7,9,12-14H,3-6,8H2,1-2H3,(H,15,16). The number of morpholine rings is 1. The van der Waals surface area contributed by atoms with Gasteiger partial charge in [-0.2, -0.15) is 5.10 Å². The number of hydrogen-bond acceptors (Lipinski definition) is 4. The fraction of sp³-hybridized carbons (Fsp3) is 0.750. The largest absolute Gasteiger partial charge is 0.379 e. The lowest BCUT2D eigenvalue weighted by Crippen LogP contribution is -2.44. The lowest BCUT2D eigenvalue weighted by atomic mass is 10.1. The second kappa shape index (κ2) is 6.14. The minimum absolute atomic E-state index is 0.475. The molecule has 0 spiro atoms. The van der Waals surface area contributed by atoms with E-state index in [1.807, 2.05) is 13.1 Å². The monoisotopic (exact) mass is 238 g/mol. The van der Waals surface area contributed by atoms with E-state index in [9.17, 15) is 0 Å². The Morgan fingerprint density at radius 3 is 3.18 bits per heavy atom. The molecule has 0 radical (unpaired) electrons. The molecular weight excluding hydrogens is 216 g/mol. The van der Waals surface area contributed by atoms with E-state index in [0.717, 1.165) is 38.4 Å². The quantitative estimate of drug-likeness (QED) is 0.702. The van der Waals surface area contributed by atoms with Gasteiger partial charge in [0.05, 0.1) is 19.4 Å². The molecule has 5 heteroatoms. The summed E-state index contributed by atoms with van der Waals surface area (Å²) in [7, 11) is 0. The Morgan fingerprint density at radius 1 is 1.65 bits per heavy atom. The summed E-state index contributed by atoms with van der Waals surface area (Å²) in [5, 5.41) is 14.0. The number of aromatic amines is 1. The first-order valence-electron chi connectivity index (χ1n) is 6.29. The summed E-state index contributed by atoms with van der Waals surface area (Å²) < 4.78 is 5.45. The molecule has 1 fully saturated rings. The molecule has 1 aliphatic rings. The fourth-order valence-electron chi connectivity index (χ4n) is 2.12. The van der Waals surface area contributed by atoms with Crippen LogP contribution in [0.4, 0.5) is 0 Å². The second-order valence-corrected chi connectivity index (χ2v) is 4.76. The Kier molecular flexibility index (Phi) is 4.53. The summed E-state index contributed by atoms with van der Waals surface area (Å²) in [5.41, 5.74) is 2.38. The van der Waals surface area contributed by atoms with Gasteiger partial charge in [-0.25, -0.2) is 0 Å². The highest BCUT2D eigenvalue weighted by Crippen LogP contribution is 2.05. The van der Waals surface area contributed by atoms with Gasteiger partial charge >= 0.3 is 0 Å². The highest BCUT2D eigenvalue weighted by Gasteiger charge is 2.16. The van der Waals surface area contributed by atoms with Crippen molar-refractivity contribution in [1.82, 2.24) is 20.8 Å². The van der Waals surface area contributed by atoms with Crippen LogP contribution in [0.1, 0.15) is 24.6 Å². The zero-order chi connectivity index (χ0) is 12.1. The number of nitrogens with zero attached hydrogens (tertiary/aromatic N) is 1. The van der Waals surface area contributed by atoms with Gasteiger partial charge in [0.1, 0.15) is 0 Å². The fourth-order valence-corrected chi connectivity index (χ4v) is 2.12. The van der Waals surface area contributed by atoms with Gasteiger partial charge in [0.15, 0.2) is 0 Å². The third-order valence-electron chi connectivity index (χ3n) is 3.21. The maximum atomic E-state index is 5.45. The molecule has 0 saturated carbocycles. The van der Waals surface area contributed by atoms with E-state index in [1.54, 1.807) is 0 Å². The van der Waals surface area contributed by atoms with Crippen LogP contribution < -0.4 is 10.6 Å². The minimum atomic E-state index is 0.475. The average molecular weight is 238 g/mol. The van der Waals surface area contributed by atoms with Gasteiger partial charge in [-0.1, -0.05) is 0 Å². The van der Waals surface area contributed by atoms with E-state index in [-0.39, 0.29) is 0 Å². The van der Waals surface area contributed by atoms with Gasteiger partial charge in [-0.3, -0.25) is 5.10 Å². The molecule has 5 nitrogen and oxygen atoms in total. The molecule has 96 valence electrons. The van der Waals surface area contributed by atoms with Crippen molar-refractivity contribution in [3.8, 4) is 0 Å². The van der Waals surface area contributed by atoms with Crippen molar-refractivity contribution in [2.24, 2.45) is 0 Å². The number of aromatic nitrogens is 2. The summed E-state index contributed by atoms with van der Waals surface area (Å²) in [5.74, 6) is 0. The van der Waals surface area contributed by atoms with Crippen molar-refractivity contribution in [1.29, 1.82) is 0 Å². The van der Waals surface area contributed by atoms with Crippen molar-refractivity contribution in [3.63, 3.8) is 0 Å². The molecule has 1 aromatic heterocycles. The predicted molar refractivity (Wildman–Crippen MR) is 66.9 cm³/mol. The maximum Gasteiger partial charge on any atom is 0.0620 e.